The highest BCUT2D eigenvalue weighted by molar-refractivity contribution is 5.97. The molecule has 0 unspecified atom stereocenters. The van der Waals surface area contributed by atoms with Crippen molar-refractivity contribution in [1.29, 1.82) is 0 Å². The second-order valence-electron chi connectivity index (χ2n) is 6.39. The van der Waals surface area contributed by atoms with Crippen LogP contribution in [0.3, 0.4) is 0 Å². The number of hydrogen-bond acceptors (Lipinski definition) is 5. The summed E-state index contributed by atoms with van der Waals surface area (Å²) < 4.78 is 6.70. The highest BCUT2D eigenvalue weighted by atomic mass is 16.5. The van der Waals surface area contributed by atoms with E-state index in [2.05, 4.69) is 10.3 Å². The largest absolute Gasteiger partial charge is 0.361 e. The minimum absolute atomic E-state index is 0.000402. The molecule has 2 atom stereocenters. The van der Waals surface area contributed by atoms with Gasteiger partial charge in [-0.3, -0.25) is 14.3 Å². The number of fused-ring (bicyclic) bond motifs is 1. The Balaban J connectivity index is 1.62. The highest BCUT2D eigenvalue weighted by Crippen LogP contribution is 2.35. The Bertz CT molecular complexity index is 795. The summed E-state index contributed by atoms with van der Waals surface area (Å²) in [6.45, 7) is 2.36. The van der Waals surface area contributed by atoms with Crippen LogP contribution in [0.2, 0.25) is 0 Å². The number of aryl methyl sites for hydroxylation is 2. The predicted octanol–water partition coefficient (Wildman–Crippen LogP) is 1.13. The van der Waals surface area contributed by atoms with Gasteiger partial charge in [0.2, 0.25) is 5.91 Å². The first-order chi connectivity index (χ1) is 11.6. The first-order valence-electron chi connectivity index (χ1n) is 8.09. The van der Waals surface area contributed by atoms with Gasteiger partial charge in [0.25, 0.3) is 5.91 Å². The topological polar surface area (TPSA) is 84.5 Å². The van der Waals surface area contributed by atoms with E-state index in [0.29, 0.717) is 30.7 Å². The van der Waals surface area contributed by atoms with Crippen LogP contribution in [0.4, 0.5) is 5.69 Å². The van der Waals surface area contributed by atoms with Crippen molar-refractivity contribution < 1.29 is 14.1 Å². The summed E-state index contributed by atoms with van der Waals surface area (Å²) in [5.74, 6) is 0.556. The minimum Gasteiger partial charge on any atom is -0.361 e. The van der Waals surface area contributed by atoms with Gasteiger partial charge >= 0.3 is 0 Å². The van der Waals surface area contributed by atoms with Gasteiger partial charge < -0.3 is 14.3 Å². The number of amides is 2. The predicted molar refractivity (Wildman–Crippen MR) is 84.4 cm³/mol. The molecule has 2 fully saturated rings. The summed E-state index contributed by atoms with van der Waals surface area (Å²) in [6.07, 6.45) is 6.90. The Morgan fingerprint density at radius 2 is 2.12 bits per heavy atom. The van der Waals surface area contributed by atoms with Crippen LogP contribution in [-0.2, 0) is 11.8 Å². The molecule has 0 bridgehead atoms. The SMILES string of the molecule is Cc1oncc1C(=O)N1CC[C@@H]2[C@H]1CCC(=O)N2c1cnn(C)c1. The average Bonchev–Trinajstić information content (AvgIpc) is 3.26. The lowest BCUT2D eigenvalue weighted by molar-refractivity contribution is -0.120. The number of hydrogen-bond donors (Lipinski definition) is 0. The molecule has 8 nitrogen and oxygen atoms in total. The van der Waals surface area contributed by atoms with E-state index < -0.39 is 0 Å². The third-order valence-corrected chi connectivity index (χ3v) is 4.98. The summed E-state index contributed by atoms with van der Waals surface area (Å²) in [5.41, 5.74) is 1.30. The van der Waals surface area contributed by atoms with Crippen molar-refractivity contribution >= 4 is 17.5 Å². The summed E-state index contributed by atoms with van der Waals surface area (Å²) in [6, 6.07) is 0.0178. The van der Waals surface area contributed by atoms with E-state index in [9.17, 15) is 9.59 Å². The molecular formula is C16H19N5O3. The van der Waals surface area contributed by atoms with Gasteiger partial charge in [-0.25, -0.2) is 0 Å². The van der Waals surface area contributed by atoms with Crippen molar-refractivity contribution in [2.45, 2.75) is 38.3 Å². The lowest BCUT2D eigenvalue weighted by Gasteiger charge is -2.38. The van der Waals surface area contributed by atoms with E-state index in [1.165, 1.54) is 6.20 Å². The third kappa shape index (κ3) is 2.21. The molecule has 2 saturated heterocycles. The number of nitrogens with zero attached hydrogens (tertiary/aromatic N) is 5. The van der Waals surface area contributed by atoms with Crippen LogP contribution in [0.1, 0.15) is 35.4 Å². The fraction of sp³-hybridized carbons (Fsp3) is 0.500. The summed E-state index contributed by atoms with van der Waals surface area (Å²) in [4.78, 5) is 29.0. The van der Waals surface area contributed by atoms with Gasteiger partial charge in [-0.15, -0.1) is 0 Å². The minimum atomic E-state index is -0.0678. The van der Waals surface area contributed by atoms with Gasteiger partial charge in [0.05, 0.1) is 30.2 Å². The Morgan fingerprint density at radius 1 is 1.29 bits per heavy atom. The summed E-state index contributed by atoms with van der Waals surface area (Å²) >= 11 is 0. The molecule has 0 spiro atoms. The van der Waals surface area contributed by atoms with Crippen molar-refractivity contribution in [3.05, 3.63) is 29.9 Å². The van der Waals surface area contributed by atoms with Crippen molar-refractivity contribution in [2.24, 2.45) is 7.05 Å². The number of rotatable bonds is 2. The normalized spacial score (nSPS) is 23.7. The number of carbonyl (C=O) groups is 2. The molecule has 4 heterocycles. The molecule has 2 amide bonds. The Kier molecular flexibility index (Phi) is 3.40. The van der Waals surface area contributed by atoms with Crippen LogP contribution in [-0.4, -0.2) is 50.3 Å². The first-order valence-corrected chi connectivity index (χ1v) is 8.09. The molecule has 0 aliphatic carbocycles. The van der Waals surface area contributed by atoms with Gasteiger partial charge in [0.15, 0.2) is 0 Å². The molecule has 2 aliphatic rings. The van der Waals surface area contributed by atoms with Gasteiger partial charge in [0, 0.05) is 26.2 Å². The maximum Gasteiger partial charge on any atom is 0.259 e. The Hall–Kier alpha value is -2.64. The zero-order valence-electron chi connectivity index (χ0n) is 13.7. The molecular weight excluding hydrogens is 310 g/mol. The Labute approximate surface area is 139 Å². The number of anilines is 1. The van der Waals surface area contributed by atoms with Crippen molar-refractivity contribution in [1.82, 2.24) is 19.8 Å². The first kappa shape index (κ1) is 14.9. The lowest BCUT2D eigenvalue weighted by atomic mass is 9.95. The van der Waals surface area contributed by atoms with Crippen molar-refractivity contribution in [2.75, 3.05) is 11.4 Å². The smallest absolute Gasteiger partial charge is 0.259 e. The summed E-state index contributed by atoms with van der Waals surface area (Å²) in [7, 11) is 1.83. The zero-order chi connectivity index (χ0) is 16.8. The highest BCUT2D eigenvalue weighted by Gasteiger charge is 2.46. The quantitative estimate of drug-likeness (QED) is 0.824. The van der Waals surface area contributed by atoms with E-state index >= 15 is 0 Å². The second kappa shape index (κ2) is 5.47. The van der Waals surface area contributed by atoms with E-state index in [-0.39, 0.29) is 23.9 Å². The molecule has 2 aromatic rings. The molecule has 0 aromatic carbocycles. The monoisotopic (exact) mass is 329 g/mol. The van der Waals surface area contributed by atoms with Crippen LogP contribution in [0, 0.1) is 6.92 Å². The second-order valence-corrected chi connectivity index (χ2v) is 6.39. The van der Waals surface area contributed by atoms with E-state index in [1.807, 2.05) is 23.0 Å². The Morgan fingerprint density at radius 3 is 2.79 bits per heavy atom. The van der Waals surface area contributed by atoms with Crippen LogP contribution in [0.25, 0.3) is 0 Å². The molecule has 8 heteroatoms. The number of aromatic nitrogens is 3. The van der Waals surface area contributed by atoms with Gasteiger partial charge in [-0.05, 0) is 19.8 Å². The van der Waals surface area contributed by atoms with Crippen LogP contribution in [0.5, 0.6) is 0 Å². The standard InChI is InChI=1S/C16H19N5O3/c1-10-12(8-18-24-10)16(23)20-6-5-14-13(20)3-4-15(22)21(14)11-7-17-19(2)9-11/h7-9,13-14H,3-6H2,1-2H3/t13-,14-/m1/s1. The van der Waals surface area contributed by atoms with Crippen molar-refractivity contribution in [3.63, 3.8) is 0 Å². The van der Waals surface area contributed by atoms with Crippen LogP contribution in [0.15, 0.2) is 23.1 Å². The third-order valence-electron chi connectivity index (χ3n) is 4.98. The maximum absolute atomic E-state index is 12.8. The fourth-order valence-electron chi connectivity index (χ4n) is 3.84. The maximum atomic E-state index is 12.8. The van der Waals surface area contributed by atoms with Crippen LogP contribution < -0.4 is 4.90 Å². The molecule has 4 rings (SSSR count). The average molecular weight is 329 g/mol. The lowest BCUT2D eigenvalue weighted by Crippen LogP contribution is -2.53. The van der Waals surface area contributed by atoms with Gasteiger partial charge in [-0.1, -0.05) is 5.16 Å². The molecule has 0 radical (unpaired) electrons. The number of likely N-dealkylation sites (tertiary alicyclic amines) is 1. The zero-order valence-corrected chi connectivity index (χ0v) is 13.7. The number of carbonyl (C=O) groups excluding carboxylic acids is 2. The molecule has 2 aliphatic heterocycles. The van der Waals surface area contributed by atoms with Crippen LogP contribution >= 0.6 is 0 Å². The molecule has 0 N–H and O–H groups in total. The van der Waals surface area contributed by atoms with E-state index in [4.69, 9.17) is 4.52 Å². The van der Waals surface area contributed by atoms with E-state index in [1.54, 1.807) is 17.8 Å². The molecule has 0 saturated carbocycles. The molecule has 2 aromatic heterocycles. The number of piperidine rings is 1. The van der Waals surface area contributed by atoms with Gasteiger partial charge in [-0.2, -0.15) is 5.10 Å². The van der Waals surface area contributed by atoms with E-state index in [0.717, 1.165) is 12.1 Å². The fourth-order valence-corrected chi connectivity index (χ4v) is 3.84. The summed E-state index contributed by atoms with van der Waals surface area (Å²) in [5, 5.41) is 7.87. The van der Waals surface area contributed by atoms with Crippen molar-refractivity contribution in [3.8, 4) is 0 Å². The molecule has 126 valence electrons. The molecule has 24 heavy (non-hydrogen) atoms. The van der Waals surface area contributed by atoms with Gasteiger partial charge in [0.1, 0.15) is 11.3 Å².